The van der Waals surface area contributed by atoms with Gasteiger partial charge in [-0.1, -0.05) is 74.0 Å². The summed E-state index contributed by atoms with van der Waals surface area (Å²) in [6, 6.07) is 19.0. The Morgan fingerprint density at radius 1 is 0.853 bits per heavy atom. The lowest BCUT2D eigenvalue weighted by atomic mass is 9.52. The summed E-state index contributed by atoms with van der Waals surface area (Å²) >= 11 is 0. The molecule has 4 atom stereocenters. The number of hydrogen-bond donors (Lipinski definition) is 0. The van der Waals surface area contributed by atoms with Crippen LogP contribution in [-0.2, 0) is 41.8 Å². The number of carbonyl (C=O) groups excluding carboxylic acids is 3. The first-order valence-corrected chi connectivity index (χ1v) is 12.0. The van der Waals surface area contributed by atoms with Gasteiger partial charge < -0.3 is 14.2 Å². The number of ether oxygens (including phenoxy) is 3. The molecule has 1 saturated heterocycles. The Kier molecular flexibility index (Phi) is 5.70. The van der Waals surface area contributed by atoms with Gasteiger partial charge in [-0.2, -0.15) is 0 Å². The summed E-state index contributed by atoms with van der Waals surface area (Å²) in [5.41, 5.74) is -1.68. The first kappa shape index (κ1) is 22.6. The highest BCUT2D eigenvalue weighted by Gasteiger charge is 2.80. The standard InChI is InChI=1S/C28H30O6/c1-20-15-26(24(30)32-18-21-9-4-2-5-10-21)13-8-14-27(17-23(29)34-28(26,27)16-20)25(31)33-19-22-11-6-3-7-12-22/h2-7,9-12,20H,8,13-19H2,1H3/t20?,26?,27?,28-/m0/s1. The number of carbonyl (C=O) groups is 3. The van der Waals surface area contributed by atoms with Crippen molar-refractivity contribution in [1.29, 1.82) is 0 Å². The molecular formula is C28H30O6. The second-order valence-corrected chi connectivity index (χ2v) is 10.1. The molecule has 5 rings (SSSR count). The zero-order chi connectivity index (χ0) is 23.8. The summed E-state index contributed by atoms with van der Waals surface area (Å²) in [6.45, 7) is 2.31. The fraction of sp³-hybridized carbons (Fsp3) is 0.464. The fourth-order valence-electron chi connectivity index (χ4n) is 6.73. The van der Waals surface area contributed by atoms with Crippen molar-refractivity contribution in [1.82, 2.24) is 0 Å². The van der Waals surface area contributed by atoms with Gasteiger partial charge in [0.1, 0.15) is 29.6 Å². The first-order valence-electron chi connectivity index (χ1n) is 12.0. The smallest absolute Gasteiger partial charge is 0.317 e. The van der Waals surface area contributed by atoms with Crippen molar-refractivity contribution in [2.45, 2.75) is 64.3 Å². The van der Waals surface area contributed by atoms with Gasteiger partial charge in [-0.15, -0.1) is 0 Å². The summed E-state index contributed by atoms with van der Waals surface area (Å²) < 4.78 is 17.7. The molecule has 3 fully saturated rings. The third-order valence-electron chi connectivity index (χ3n) is 8.03. The highest BCUT2D eigenvalue weighted by molar-refractivity contribution is 5.92. The van der Waals surface area contributed by atoms with Crippen molar-refractivity contribution >= 4 is 17.9 Å². The Hall–Kier alpha value is -3.15. The topological polar surface area (TPSA) is 78.9 Å². The molecule has 0 amide bonds. The van der Waals surface area contributed by atoms with E-state index < -0.39 is 28.4 Å². The van der Waals surface area contributed by atoms with Gasteiger partial charge in [0, 0.05) is 0 Å². The van der Waals surface area contributed by atoms with Crippen molar-refractivity contribution in [3.8, 4) is 0 Å². The van der Waals surface area contributed by atoms with Gasteiger partial charge in [-0.25, -0.2) is 0 Å². The molecule has 1 spiro atoms. The molecule has 6 nitrogen and oxygen atoms in total. The molecule has 34 heavy (non-hydrogen) atoms. The Morgan fingerprint density at radius 3 is 1.97 bits per heavy atom. The molecule has 3 aliphatic rings. The lowest BCUT2D eigenvalue weighted by molar-refractivity contribution is -0.211. The largest absolute Gasteiger partial charge is 0.460 e. The third kappa shape index (κ3) is 3.42. The van der Waals surface area contributed by atoms with Crippen LogP contribution in [0.3, 0.4) is 0 Å². The van der Waals surface area contributed by atoms with E-state index in [0.717, 1.165) is 11.1 Å². The first-order chi connectivity index (χ1) is 16.4. The van der Waals surface area contributed by atoms with Gasteiger partial charge in [-0.3, -0.25) is 14.4 Å². The van der Waals surface area contributed by atoms with Crippen molar-refractivity contribution < 1.29 is 28.6 Å². The maximum atomic E-state index is 13.7. The van der Waals surface area contributed by atoms with Crippen LogP contribution in [-0.4, -0.2) is 23.5 Å². The van der Waals surface area contributed by atoms with Crippen LogP contribution >= 0.6 is 0 Å². The molecule has 178 valence electrons. The van der Waals surface area contributed by atoms with Crippen LogP contribution in [0.5, 0.6) is 0 Å². The Labute approximate surface area is 199 Å². The number of benzene rings is 2. The normalized spacial score (nSPS) is 31.8. The van der Waals surface area contributed by atoms with Crippen LogP contribution in [0, 0.1) is 16.7 Å². The van der Waals surface area contributed by atoms with Crippen molar-refractivity contribution in [3.05, 3.63) is 71.8 Å². The summed E-state index contributed by atoms with van der Waals surface area (Å²) in [4.78, 5) is 40.2. The molecule has 0 radical (unpaired) electrons. The SMILES string of the molecule is CC1CC2(C(=O)OCc3ccccc3)CCCC3(C(=O)OCc4ccccc4)CC(=O)O[C@]32C1. The van der Waals surface area contributed by atoms with E-state index in [1.807, 2.05) is 67.6 Å². The Morgan fingerprint density at radius 2 is 1.38 bits per heavy atom. The molecule has 6 heteroatoms. The third-order valence-corrected chi connectivity index (χ3v) is 8.03. The van der Waals surface area contributed by atoms with Crippen LogP contribution in [0.15, 0.2) is 60.7 Å². The van der Waals surface area contributed by atoms with E-state index in [4.69, 9.17) is 14.2 Å². The summed E-state index contributed by atoms with van der Waals surface area (Å²) in [6.07, 6.45) is 2.56. The zero-order valence-electron chi connectivity index (χ0n) is 19.5. The Balaban J connectivity index is 1.46. The number of rotatable bonds is 6. The molecule has 0 bridgehead atoms. The van der Waals surface area contributed by atoms with Gasteiger partial charge in [0.05, 0.1) is 6.42 Å². The summed E-state index contributed by atoms with van der Waals surface area (Å²) in [7, 11) is 0. The minimum Gasteiger partial charge on any atom is -0.460 e. The minimum absolute atomic E-state index is 0.0545. The highest BCUT2D eigenvalue weighted by Crippen LogP contribution is 2.70. The number of esters is 3. The summed E-state index contributed by atoms with van der Waals surface area (Å²) in [5.74, 6) is -1.16. The van der Waals surface area contributed by atoms with Crippen LogP contribution in [0.25, 0.3) is 0 Å². The van der Waals surface area contributed by atoms with Gasteiger partial charge in [0.25, 0.3) is 0 Å². The van der Waals surface area contributed by atoms with Gasteiger partial charge >= 0.3 is 17.9 Å². The molecule has 2 saturated carbocycles. The average Bonchev–Trinajstić information content (AvgIpc) is 3.32. The quantitative estimate of drug-likeness (QED) is 0.456. The van der Waals surface area contributed by atoms with Crippen molar-refractivity contribution in [3.63, 3.8) is 0 Å². The lowest BCUT2D eigenvalue weighted by Crippen LogP contribution is -2.63. The minimum atomic E-state index is -1.23. The van der Waals surface area contributed by atoms with Crippen molar-refractivity contribution in [2.24, 2.45) is 16.7 Å². The molecule has 2 aromatic rings. The maximum absolute atomic E-state index is 13.7. The van der Waals surface area contributed by atoms with Crippen LogP contribution < -0.4 is 0 Å². The van der Waals surface area contributed by atoms with E-state index in [0.29, 0.717) is 32.1 Å². The Bertz CT molecular complexity index is 1080. The molecule has 0 aromatic heterocycles. The number of hydrogen-bond acceptors (Lipinski definition) is 6. The van der Waals surface area contributed by atoms with Gasteiger partial charge in [0.15, 0.2) is 0 Å². The highest BCUT2D eigenvalue weighted by atomic mass is 16.6. The van der Waals surface area contributed by atoms with E-state index in [1.54, 1.807) is 0 Å². The monoisotopic (exact) mass is 462 g/mol. The molecule has 2 aromatic carbocycles. The molecule has 1 aliphatic heterocycles. The van der Waals surface area contributed by atoms with Gasteiger partial charge in [0.2, 0.25) is 0 Å². The lowest BCUT2D eigenvalue weighted by Gasteiger charge is -2.52. The van der Waals surface area contributed by atoms with E-state index in [9.17, 15) is 14.4 Å². The molecular weight excluding hydrogens is 432 g/mol. The summed E-state index contributed by atoms with van der Waals surface area (Å²) in [5, 5.41) is 0. The molecule has 2 aliphatic carbocycles. The second-order valence-electron chi connectivity index (χ2n) is 10.1. The second kappa shape index (κ2) is 8.57. The van der Waals surface area contributed by atoms with E-state index in [1.165, 1.54) is 0 Å². The fourth-order valence-corrected chi connectivity index (χ4v) is 6.73. The maximum Gasteiger partial charge on any atom is 0.317 e. The predicted molar refractivity (Wildman–Crippen MR) is 123 cm³/mol. The average molecular weight is 463 g/mol. The molecule has 3 unspecified atom stereocenters. The van der Waals surface area contributed by atoms with E-state index >= 15 is 0 Å². The van der Waals surface area contributed by atoms with Crippen LogP contribution in [0.1, 0.15) is 56.6 Å². The molecule has 1 heterocycles. The van der Waals surface area contributed by atoms with Gasteiger partial charge in [-0.05, 0) is 42.7 Å². The predicted octanol–water partition coefficient (Wildman–Crippen LogP) is 4.75. The van der Waals surface area contributed by atoms with Crippen LogP contribution in [0.2, 0.25) is 0 Å². The van der Waals surface area contributed by atoms with Crippen molar-refractivity contribution in [2.75, 3.05) is 0 Å². The zero-order valence-corrected chi connectivity index (χ0v) is 19.5. The molecule has 0 N–H and O–H groups in total. The van der Waals surface area contributed by atoms with Crippen LogP contribution in [0.4, 0.5) is 0 Å². The van der Waals surface area contributed by atoms with E-state index in [-0.39, 0.29) is 31.5 Å². The van der Waals surface area contributed by atoms with E-state index in [2.05, 4.69) is 0 Å².